The zero-order valence-corrected chi connectivity index (χ0v) is 16.3. The lowest BCUT2D eigenvalue weighted by Gasteiger charge is -2.30. The van der Waals surface area contributed by atoms with Gasteiger partial charge in [-0.3, -0.25) is 9.48 Å². The number of amides is 1. The first-order valence-corrected chi connectivity index (χ1v) is 9.97. The van der Waals surface area contributed by atoms with Gasteiger partial charge in [0.1, 0.15) is 5.82 Å². The number of likely N-dealkylation sites (tertiary alicyclic amines) is 1. The molecule has 0 aromatic carbocycles. The molecule has 5 heterocycles. The van der Waals surface area contributed by atoms with Crippen molar-refractivity contribution in [1.82, 2.24) is 39.4 Å². The van der Waals surface area contributed by atoms with Gasteiger partial charge in [0.15, 0.2) is 0 Å². The summed E-state index contributed by atoms with van der Waals surface area (Å²) in [5.41, 5.74) is 1.86. The second kappa shape index (κ2) is 7.26. The van der Waals surface area contributed by atoms with Gasteiger partial charge in [-0.05, 0) is 25.3 Å². The number of aryl methyl sites for hydroxylation is 2. The Bertz CT molecular complexity index is 1010. The number of anilines is 1. The van der Waals surface area contributed by atoms with Crippen molar-refractivity contribution in [2.24, 2.45) is 7.05 Å². The fourth-order valence-electron chi connectivity index (χ4n) is 3.92. The normalized spacial score (nSPS) is 17.1. The minimum Gasteiger partial charge on any atom is -0.354 e. The highest BCUT2D eigenvalue weighted by Gasteiger charge is 2.29. The molecule has 10 nitrogen and oxygen atoms in total. The Labute approximate surface area is 168 Å². The van der Waals surface area contributed by atoms with Crippen LogP contribution in [0.3, 0.4) is 0 Å². The van der Waals surface area contributed by atoms with Gasteiger partial charge in [0, 0.05) is 57.1 Å². The lowest BCUT2D eigenvalue weighted by Crippen LogP contribution is -2.38. The number of carbonyl (C=O) groups excluding carboxylic acids is 1. The third-order valence-electron chi connectivity index (χ3n) is 5.51. The highest BCUT2D eigenvalue weighted by atomic mass is 16.2. The van der Waals surface area contributed by atoms with Crippen molar-refractivity contribution in [2.45, 2.75) is 31.7 Å². The van der Waals surface area contributed by atoms with Crippen LogP contribution in [0.5, 0.6) is 0 Å². The average molecular weight is 393 g/mol. The molecule has 150 valence electrons. The maximum atomic E-state index is 12.8. The highest BCUT2D eigenvalue weighted by molar-refractivity contribution is 5.90. The second-order valence-corrected chi connectivity index (χ2v) is 7.53. The van der Waals surface area contributed by atoms with Crippen molar-refractivity contribution in [2.75, 3.05) is 25.0 Å². The number of fused-ring (bicyclic) bond motifs is 1. The zero-order chi connectivity index (χ0) is 19.8. The third-order valence-corrected chi connectivity index (χ3v) is 5.51. The van der Waals surface area contributed by atoms with E-state index in [1.807, 2.05) is 24.2 Å². The molecule has 1 amide bonds. The van der Waals surface area contributed by atoms with Gasteiger partial charge in [0.25, 0.3) is 5.91 Å². The maximum absolute atomic E-state index is 12.8. The van der Waals surface area contributed by atoms with Gasteiger partial charge in [-0.1, -0.05) is 0 Å². The number of aromatic nitrogens is 7. The van der Waals surface area contributed by atoms with E-state index >= 15 is 0 Å². The second-order valence-electron chi connectivity index (χ2n) is 7.53. The van der Waals surface area contributed by atoms with Gasteiger partial charge in [0.2, 0.25) is 11.8 Å². The molecule has 3 aromatic heterocycles. The summed E-state index contributed by atoms with van der Waals surface area (Å²) < 4.78 is 3.54. The van der Waals surface area contributed by atoms with Crippen molar-refractivity contribution < 1.29 is 4.79 Å². The predicted molar refractivity (Wildman–Crippen MR) is 105 cm³/mol. The molecule has 29 heavy (non-hydrogen) atoms. The van der Waals surface area contributed by atoms with Gasteiger partial charge in [-0.15, -0.1) is 5.10 Å². The van der Waals surface area contributed by atoms with Crippen LogP contribution in [0.15, 0.2) is 24.7 Å². The number of piperidine rings is 1. The average Bonchev–Trinajstić information content (AvgIpc) is 3.40. The van der Waals surface area contributed by atoms with Crippen LogP contribution >= 0.6 is 0 Å². The quantitative estimate of drug-likeness (QED) is 0.715. The molecule has 0 saturated carbocycles. The molecule has 0 aliphatic carbocycles. The van der Waals surface area contributed by atoms with Crippen LogP contribution in [0.1, 0.15) is 41.6 Å². The Balaban J connectivity index is 1.26. The first-order valence-electron chi connectivity index (χ1n) is 9.97. The first-order chi connectivity index (χ1) is 14.2. The van der Waals surface area contributed by atoms with E-state index in [0.717, 1.165) is 49.4 Å². The van der Waals surface area contributed by atoms with E-state index in [4.69, 9.17) is 4.98 Å². The van der Waals surface area contributed by atoms with Gasteiger partial charge >= 0.3 is 0 Å². The molecule has 0 bridgehead atoms. The Morgan fingerprint density at radius 3 is 2.83 bits per heavy atom. The molecule has 3 aromatic rings. The summed E-state index contributed by atoms with van der Waals surface area (Å²) in [5.74, 6) is 1.94. The number of carbonyl (C=O) groups is 1. The molecular formula is C19H23N9O. The maximum Gasteiger partial charge on any atom is 0.293 e. The summed E-state index contributed by atoms with van der Waals surface area (Å²) in [4.78, 5) is 28.3. The molecule has 0 radical (unpaired) electrons. The van der Waals surface area contributed by atoms with Gasteiger partial charge in [0.05, 0.1) is 11.9 Å². The Hall–Kier alpha value is -3.30. The topological polar surface area (TPSA) is 107 Å². The smallest absolute Gasteiger partial charge is 0.293 e. The van der Waals surface area contributed by atoms with Crippen LogP contribution in [0.2, 0.25) is 0 Å². The highest BCUT2D eigenvalue weighted by Crippen LogP contribution is 2.27. The third kappa shape index (κ3) is 3.45. The Morgan fingerprint density at radius 1 is 1.21 bits per heavy atom. The number of hydrogen-bond acceptors (Lipinski definition) is 7. The molecule has 0 spiro atoms. The van der Waals surface area contributed by atoms with E-state index in [-0.39, 0.29) is 17.6 Å². The minimum atomic E-state index is -0.0998. The molecular weight excluding hydrogens is 370 g/mol. The molecule has 0 atom stereocenters. The van der Waals surface area contributed by atoms with E-state index in [2.05, 4.69) is 25.5 Å². The minimum absolute atomic E-state index is 0.0998. The molecule has 1 saturated heterocycles. The largest absolute Gasteiger partial charge is 0.354 e. The van der Waals surface area contributed by atoms with Crippen molar-refractivity contribution in [3.8, 4) is 11.3 Å². The van der Waals surface area contributed by atoms with Crippen molar-refractivity contribution >= 4 is 11.9 Å². The molecule has 2 aliphatic rings. The van der Waals surface area contributed by atoms with E-state index in [0.29, 0.717) is 19.0 Å². The Kier molecular flexibility index (Phi) is 4.45. The standard InChI is InChI=1S/C19H23N9O/c1-26-12-14(11-22-26)15-3-7-20-16(23-15)13-4-9-27(10-5-13)18(29)17-24-19-21-6-2-8-28(19)25-17/h3,7,11-13H,2,4-6,8-10H2,1H3,(H,21,24,25). The van der Waals surface area contributed by atoms with Crippen LogP contribution in [-0.4, -0.2) is 65.0 Å². The summed E-state index contributed by atoms with van der Waals surface area (Å²) in [7, 11) is 1.89. The van der Waals surface area contributed by atoms with E-state index in [1.54, 1.807) is 21.8 Å². The lowest BCUT2D eigenvalue weighted by molar-refractivity contribution is 0.0698. The number of hydrogen-bond donors (Lipinski definition) is 1. The van der Waals surface area contributed by atoms with Crippen molar-refractivity contribution in [3.63, 3.8) is 0 Å². The fraction of sp³-hybridized carbons (Fsp3) is 0.474. The van der Waals surface area contributed by atoms with Crippen molar-refractivity contribution in [3.05, 3.63) is 36.3 Å². The van der Waals surface area contributed by atoms with E-state index in [9.17, 15) is 4.79 Å². The summed E-state index contributed by atoms with van der Waals surface area (Å²) >= 11 is 0. The lowest BCUT2D eigenvalue weighted by atomic mass is 9.95. The zero-order valence-electron chi connectivity index (χ0n) is 16.3. The summed E-state index contributed by atoms with van der Waals surface area (Å²) in [6, 6.07) is 1.90. The van der Waals surface area contributed by atoms with Crippen molar-refractivity contribution in [1.29, 1.82) is 0 Å². The summed E-state index contributed by atoms with van der Waals surface area (Å²) in [6.07, 6.45) is 8.20. The molecule has 0 unspecified atom stereocenters. The molecule has 1 N–H and O–H groups in total. The van der Waals surface area contributed by atoms with Gasteiger partial charge < -0.3 is 10.2 Å². The first kappa shape index (κ1) is 17.8. The van der Waals surface area contributed by atoms with E-state index < -0.39 is 0 Å². The predicted octanol–water partition coefficient (Wildman–Crippen LogP) is 1.30. The molecule has 10 heteroatoms. The molecule has 5 rings (SSSR count). The number of nitrogens with one attached hydrogen (secondary N) is 1. The SMILES string of the molecule is Cn1cc(-c2ccnc(C3CCN(C(=O)c4nc5n(n4)CCCN5)CC3)n2)cn1. The van der Waals surface area contributed by atoms with Crippen LogP contribution in [0, 0.1) is 0 Å². The van der Waals surface area contributed by atoms with Gasteiger partial charge in [-0.25, -0.2) is 14.6 Å². The van der Waals surface area contributed by atoms with Crippen LogP contribution < -0.4 is 5.32 Å². The monoisotopic (exact) mass is 393 g/mol. The van der Waals surface area contributed by atoms with Crippen LogP contribution in [-0.2, 0) is 13.6 Å². The Morgan fingerprint density at radius 2 is 2.07 bits per heavy atom. The summed E-state index contributed by atoms with van der Waals surface area (Å²) in [6.45, 7) is 2.98. The fourth-order valence-corrected chi connectivity index (χ4v) is 3.92. The molecule has 2 aliphatic heterocycles. The molecule has 1 fully saturated rings. The number of nitrogens with zero attached hydrogens (tertiary/aromatic N) is 8. The van der Waals surface area contributed by atoms with Gasteiger partial charge in [-0.2, -0.15) is 10.1 Å². The van der Waals surface area contributed by atoms with E-state index in [1.165, 1.54) is 0 Å². The van der Waals surface area contributed by atoms with Crippen LogP contribution in [0.4, 0.5) is 5.95 Å². The number of rotatable bonds is 3. The van der Waals surface area contributed by atoms with Crippen LogP contribution in [0.25, 0.3) is 11.3 Å². The summed E-state index contributed by atoms with van der Waals surface area (Å²) in [5, 5.41) is 11.8.